The highest BCUT2D eigenvalue weighted by Gasteiger charge is 2.33. The maximum absolute atomic E-state index is 11.1. The number of Topliss-reactive ketones (excluding diaryl/α,β-unsaturated/α-hetero) is 1. The smallest absolute Gasteiger partial charge is 0.220 e. The molecule has 3 heteroatoms. The number of carbonyl (C=O) groups is 2. The predicted molar refractivity (Wildman–Crippen MR) is 45.6 cm³/mol. The van der Waals surface area contributed by atoms with Crippen LogP contribution in [-0.2, 0) is 9.59 Å². The van der Waals surface area contributed by atoms with Crippen LogP contribution in [0.2, 0.25) is 0 Å². The highest BCUT2D eigenvalue weighted by Crippen LogP contribution is 2.23. The first-order valence-corrected chi connectivity index (χ1v) is 4.30. The van der Waals surface area contributed by atoms with E-state index < -0.39 is 0 Å². The number of hydrogen-bond donors (Lipinski definition) is 0. The molecule has 1 fully saturated rings. The van der Waals surface area contributed by atoms with E-state index >= 15 is 0 Å². The van der Waals surface area contributed by atoms with E-state index in [4.69, 9.17) is 0 Å². The van der Waals surface area contributed by atoms with Gasteiger partial charge in [0.15, 0.2) is 5.78 Å². The van der Waals surface area contributed by atoms with Gasteiger partial charge in [-0.2, -0.15) is 0 Å². The van der Waals surface area contributed by atoms with Gasteiger partial charge in [-0.3, -0.25) is 9.59 Å². The minimum atomic E-state index is -0.155. The second-order valence-corrected chi connectivity index (χ2v) is 3.64. The van der Waals surface area contributed by atoms with Crippen molar-refractivity contribution in [3.63, 3.8) is 0 Å². The molecule has 68 valence electrons. The molecular weight excluding hydrogens is 154 g/mol. The van der Waals surface area contributed by atoms with Crippen LogP contribution in [0.15, 0.2) is 0 Å². The van der Waals surface area contributed by atoms with E-state index in [9.17, 15) is 9.59 Å². The molecule has 1 heterocycles. The topological polar surface area (TPSA) is 37.4 Å². The summed E-state index contributed by atoms with van der Waals surface area (Å²) in [5, 5.41) is 0. The third kappa shape index (κ3) is 1.65. The van der Waals surface area contributed by atoms with Crippen LogP contribution < -0.4 is 0 Å². The summed E-state index contributed by atoms with van der Waals surface area (Å²) >= 11 is 0. The van der Waals surface area contributed by atoms with Crippen LogP contribution in [0.3, 0.4) is 0 Å². The Morgan fingerprint density at radius 3 is 2.25 bits per heavy atom. The lowest BCUT2D eigenvalue weighted by molar-refractivity contribution is -0.135. The third-order valence-corrected chi connectivity index (χ3v) is 2.38. The average Bonchev–Trinajstić information content (AvgIpc) is 2.31. The zero-order valence-electron chi connectivity index (χ0n) is 7.83. The summed E-state index contributed by atoms with van der Waals surface area (Å²) in [4.78, 5) is 23.9. The lowest BCUT2D eigenvalue weighted by Gasteiger charge is -2.20. The van der Waals surface area contributed by atoms with Crippen molar-refractivity contribution in [2.24, 2.45) is 5.92 Å². The summed E-state index contributed by atoms with van der Waals surface area (Å²) in [6.45, 7) is 5.88. The number of likely N-dealkylation sites (tertiary alicyclic amines) is 1. The van der Waals surface area contributed by atoms with Crippen LogP contribution >= 0.6 is 0 Å². The maximum Gasteiger partial charge on any atom is 0.220 e. The van der Waals surface area contributed by atoms with Crippen LogP contribution in [0, 0.1) is 5.92 Å². The van der Waals surface area contributed by atoms with Crippen LogP contribution in [0.1, 0.15) is 27.2 Å². The Morgan fingerprint density at radius 2 is 1.92 bits per heavy atom. The Labute approximate surface area is 72.7 Å². The first-order chi connectivity index (χ1) is 5.52. The molecule has 1 aliphatic rings. The molecule has 1 rings (SSSR count). The monoisotopic (exact) mass is 169 g/mol. The Kier molecular flexibility index (Phi) is 2.50. The largest absolute Gasteiger partial charge is 0.333 e. The Balaban J connectivity index is 2.72. The second kappa shape index (κ2) is 3.25. The van der Waals surface area contributed by atoms with E-state index in [1.54, 1.807) is 11.8 Å². The molecule has 12 heavy (non-hydrogen) atoms. The van der Waals surface area contributed by atoms with Crippen molar-refractivity contribution in [1.29, 1.82) is 0 Å². The van der Waals surface area contributed by atoms with Gasteiger partial charge in [-0.15, -0.1) is 0 Å². The first kappa shape index (κ1) is 9.23. The Hall–Kier alpha value is -0.860. The maximum atomic E-state index is 11.1. The van der Waals surface area contributed by atoms with E-state index in [0.29, 0.717) is 5.92 Å². The number of nitrogens with zero attached hydrogens (tertiary/aromatic N) is 1. The van der Waals surface area contributed by atoms with E-state index in [1.165, 1.54) is 6.92 Å². The number of hydrogen-bond acceptors (Lipinski definition) is 2. The van der Waals surface area contributed by atoms with Gasteiger partial charge in [-0.1, -0.05) is 6.92 Å². The van der Waals surface area contributed by atoms with Gasteiger partial charge in [0.25, 0.3) is 0 Å². The van der Waals surface area contributed by atoms with E-state index in [1.807, 2.05) is 0 Å². The van der Waals surface area contributed by atoms with E-state index in [2.05, 4.69) is 6.92 Å². The SMILES string of the molecule is CC(=O)[C@@H]1CC(C)CN1C(C)=O. The van der Waals surface area contributed by atoms with Crippen molar-refractivity contribution in [3.8, 4) is 0 Å². The summed E-state index contributed by atoms with van der Waals surface area (Å²) in [5.41, 5.74) is 0. The lowest BCUT2D eigenvalue weighted by Crippen LogP contribution is -2.38. The lowest BCUT2D eigenvalue weighted by atomic mass is 10.1. The highest BCUT2D eigenvalue weighted by molar-refractivity contribution is 5.87. The Morgan fingerprint density at radius 1 is 1.33 bits per heavy atom. The number of rotatable bonds is 1. The molecule has 0 aromatic heterocycles. The average molecular weight is 169 g/mol. The molecule has 1 unspecified atom stereocenters. The third-order valence-electron chi connectivity index (χ3n) is 2.38. The van der Waals surface area contributed by atoms with Gasteiger partial charge >= 0.3 is 0 Å². The molecule has 1 aliphatic heterocycles. The highest BCUT2D eigenvalue weighted by atomic mass is 16.2. The zero-order chi connectivity index (χ0) is 9.30. The standard InChI is InChI=1S/C9H15NO2/c1-6-4-9(7(2)11)10(5-6)8(3)12/h6,9H,4-5H2,1-3H3/t6?,9-/m0/s1. The fourth-order valence-electron chi connectivity index (χ4n) is 1.78. The van der Waals surface area contributed by atoms with Crippen molar-refractivity contribution >= 4 is 11.7 Å². The summed E-state index contributed by atoms with van der Waals surface area (Å²) in [6.07, 6.45) is 0.828. The van der Waals surface area contributed by atoms with Crippen LogP contribution in [0.5, 0.6) is 0 Å². The summed E-state index contributed by atoms with van der Waals surface area (Å²) in [5.74, 6) is 0.580. The number of amides is 1. The van der Waals surface area contributed by atoms with E-state index in [-0.39, 0.29) is 17.7 Å². The molecule has 0 N–H and O–H groups in total. The predicted octanol–water partition coefficient (Wildman–Crippen LogP) is 0.832. The summed E-state index contributed by atoms with van der Waals surface area (Å²) in [6, 6.07) is -0.155. The van der Waals surface area contributed by atoms with Crippen LogP contribution in [-0.4, -0.2) is 29.2 Å². The molecule has 1 amide bonds. The Bertz CT molecular complexity index is 191. The van der Waals surface area contributed by atoms with Gasteiger partial charge in [-0.05, 0) is 19.3 Å². The molecule has 0 aliphatic carbocycles. The number of carbonyl (C=O) groups excluding carboxylic acids is 2. The fraction of sp³-hybridized carbons (Fsp3) is 0.778. The molecule has 0 aromatic carbocycles. The zero-order valence-corrected chi connectivity index (χ0v) is 7.83. The molecule has 2 atom stereocenters. The van der Waals surface area contributed by atoms with Crippen molar-refractivity contribution in [1.82, 2.24) is 4.90 Å². The minimum absolute atomic E-state index is 0.0135. The van der Waals surface area contributed by atoms with Crippen molar-refractivity contribution < 1.29 is 9.59 Å². The molecule has 3 nitrogen and oxygen atoms in total. The molecule has 0 radical (unpaired) electrons. The molecule has 1 saturated heterocycles. The van der Waals surface area contributed by atoms with Gasteiger partial charge in [0.05, 0.1) is 6.04 Å². The molecule has 0 bridgehead atoms. The quantitative estimate of drug-likeness (QED) is 0.583. The summed E-state index contributed by atoms with van der Waals surface area (Å²) < 4.78 is 0. The first-order valence-electron chi connectivity index (χ1n) is 4.30. The molecule has 0 saturated carbocycles. The molecular formula is C9H15NO2. The van der Waals surface area contributed by atoms with Crippen LogP contribution in [0.25, 0.3) is 0 Å². The van der Waals surface area contributed by atoms with Gasteiger partial charge in [0.2, 0.25) is 5.91 Å². The van der Waals surface area contributed by atoms with Crippen molar-refractivity contribution in [2.75, 3.05) is 6.54 Å². The van der Waals surface area contributed by atoms with Crippen molar-refractivity contribution in [2.45, 2.75) is 33.2 Å². The minimum Gasteiger partial charge on any atom is -0.333 e. The van der Waals surface area contributed by atoms with Crippen LogP contribution in [0.4, 0.5) is 0 Å². The summed E-state index contributed by atoms with van der Waals surface area (Å²) in [7, 11) is 0. The number of ketones is 1. The second-order valence-electron chi connectivity index (χ2n) is 3.64. The van der Waals surface area contributed by atoms with Gasteiger partial charge in [0.1, 0.15) is 0 Å². The van der Waals surface area contributed by atoms with Gasteiger partial charge in [0, 0.05) is 13.5 Å². The molecule has 0 aromatic rings. The van der Waals surface area contributed by atoms with Crippen molar-refractivity contribution in [3.05, 3.63) is 0 Å². The van der Waals surface area contributed by atoms with Gasteiger partial charge in [-0.25, -0.2) is 0 Å². The van der Waals surface area contributed by atoms with E-state index in [0.717, 1.165) is 13.0 Å². The van der Waals surface area contributed by atoms with Gasteiger partial charge < -0.3 is 4.90 Å². The normalized spacial score (nSPS) is 29.1. The molecule has 0 spiro atoms. The fourth-order valence-corrected chi connectivity index (χ4v) is 1.78.